The van der Waals surface area contributed by atoms with Crippen LogP contribution in [0.5, 0.6) is 23.1 Å². The van der Waals surface area contributed by atoms with Crippen molar-refractivity contribution in [2.45, 2.75) is 6.92 Å². The number of anilines is 2. The second-order valence-electron chi connectivity index (χ2n) is 7.60. The number of nitrogens with two attached hydrogens (primary N) is 1. The Balaban J connectivity index is 1.98. The van der Waals surface area contributed by atoms with E-state index < -0.39 is 11.3 Å². The van der Waals surface area contributed by atoms with Gasteiger partial charge in [-0.3, -0.25) is 9.54 Å². The Hall–Kier alpha value is -4.82. The van der Waals surface area contributed by atoms with Crippen molar-refractivity contribution in [3.63, 3.8) is 0 Å². The highest BCUT2D eigenvalue weighted by Crippen LogP contribution is 2.44. The number of rotatable bonds is 9. The minimum atomic E-state index is -2.65. The smallest absolute Gasteiger partial charge is 0.269 e. The molecule has 38 heavy (non-hydrogen) atoms. The molecule has 0 aliphatic rings. The molecule has 0 spiro atoms. The van der Waals surface area contributed by atoms with Gasteiger partial charge in [0.2, 0.25) is 5.75 Å². The van der Waals surface area contributed by atoms with Crippen molar-refractivity contribution < 1.29 is 28.2 Å². The first-order chi connectivity index (χ1) is 18.4. The van der Waals surface area contributed by atoms with Crippen LogP contribution in [0.15, 0.2) is 66.1 Å². The van der Waals surface area contributed by atoms with E-state index in [4.69, 9.17) is 25.2 Å². The van der Waals surface area contributed by atoms with Crippen molar-refractivity contribution >= 4 is 28.7 Å². The molecule has 3 aromatic heterocycles. The molecule has 1 unspecified atom stereocenters. The zero-order valence-electron chi connectivity index (χ0n) is 20.5. The number of para-hydroxylation sites is 2. The summed E-state index contributed by atoms with van der Waals surface area (Å²) in [6.45, 7) is 1.83. The van der Waals surface area contributed by atoms with Gasteiger partial charge < -0.3 is 25.2 Å². The molecule has 196 valence electrons. The molecule has 1 aromatic carbocycles. The number of aryl methyl sites for hydroxylation is 1. The first kappa shape index (κ1) is 26.2. The molecule has 14 heteroatoms. The quantitative estimate of drug-likeness (QED) is 0.0936. The second-order valence-corrected chi connectivity index (χ2v) is 8.42. The predicted octanol–water partition coefficient (Wildman–Crippen LogP) is 3.42. The standard InChI is InChI=1S/C24H23N7O6S/c1-14-8-9-19(27-13-14)31(38(33)34)23-20(37-18-7-5-4-6-17(18)35-2)24(36-3)29-22(28-23)15-10-11-26-16(12-15)21(25)30-32/h4-13,32H,1-3H3,(H2,25,30)(H,33,34). The lowest BCUT2D eigenvalue weighted by molar-refractivity contribution is 0.318. The maximum atomic E-state index is 12.7. The topological polar surface area (TPSA) is 178 Å². The third kappa shape index (κ3) is 5.45. The number of benzene rings is 1. The summed E-state index contributed by atoms with van der Waals surface area (Å²) in [7, 11) is 2.84. The lowest BCUT2D eigenvalue weighted by Crippen LogP contribution is -2.23. The monoisotopic (exact) mass is 537 g/mol. The second kappa shape index (κ2) is 11.5. The van der Waals surface area contributed by atoms with E-state index in [1.54, 1.807) is 48.7 Å². The van der Waals surface area contributed by atoms with E-state index in [2.05, 4.69) is 25.1 Å². The summed E-state index contributed by atoms with van der Waals surface area (Å²) in [5, 5.41) is 12.0. The molecule has 0 saturated heterocycles. The van der Waals surface area contributed by atoms with Gasteiger partial charge in [0.25, 0.3) is 17.1 Å². The normalized spacial score (nSPS) is 12.1. The number of amidine groups is 1. The number of pyridine rings is 2. The first-order valence-electron chi connectivity index (χ1n) is 10.9. The lowest BCUT2D eigenvalue weighted by atomic mass is 10.2. The Kier molecular flexibility index (Phi) is 7.94. The molecule has 0 radical (unpaired) electrons. The molecule has 0 aliphatic heterocycles. The molecule has 4 N–H and O–H groups in total. The number of methoxy groups -OCH3 is 2. The van der Waals surface area contributed by atoms with E-state index in [1.165, 1.54) is 26.5 Å². The largest absolute Gasteiger partial charge is 0.493 e. The zero-order chi connectivity index (χ0) is 27.2. The third-order valence-corrected chi connectivity index (χ3v) is 5.80. The minimum absolute atomic E-state index is 0.0550. The maximum Gasteiger partial charge on any atom is 0.269 e. The first-order valence-corrected chi connectivity index (χ1v) is 12.0. The fourth-order valence-electron chi connectivity index (χ4n) is 3.33. The maximum absolute atomic E-state index is 12.7. The van der Waals surface area contributed by atoms with Gasteiger partial charge in [0, 0.05) is 18.0 Å². The van der Waals surface area contributed by atoms with Crippen molar-refractivity contribution in [1.82, 2.24) is 19.9 Å². The van der Waals surface area contributed by atoms with Crippen LogP contribution < -0.4 is 24.2 Å². The summed E-state index contributed by atoms with van der Waals surface area (Å²) in [5.74, 6) is 0.379. The highest BCUT2D eigenvalue weighted by molar-refractivity contribution is 7.81. The fourth-order valence-corrected chi connectivity index (χ4v) is 3.87. The van der Waals surface area contributed by atoms with E-state index in [-0.39, 0.29) is 46.4 Å². The minimum Gasteiger partial charge on any atom is -0.493 e. The number of nitrogens with zero attached hydrogens (tertiary/aromatic N) is 6. The molecule has 0 saturated carbocycles. The molecule has 0 bridgehead atoms. The average Bonchev–Trinajstić information content (AvgIpc) is 2.94. The van der Waals surface area contributed by atoms with E-state index in [9.17, 15) is 8.76 Å². The van der Waals surface area contributed by atoms with Gasteiger partial charge in [0.1, 0.15) is 11.5 Å². The van der Waals surface area contributed by atoms with Crippen molar-refractivity contribution in [3.05, 3.63) is 72.2 Å². The molecule has 4 aromatic rings. The summed E-state index contributed by atoms with van der Waals surface area (Å²) in [5.41, 5.74) is 7.09. The summed E-state index contributed by atoms with van der Waals surface area (Å²) in [6, 6.07) is 13.2. The van der Waals surface area contributed by atoms with Crippen LogP contribution in [0.25, 0.3) is 11.4 Å². The van der Waals surface area contributed by atoms with Gasteiger partial charge in [-0.15, -0.1) is 0 Å². The Morgan fingerprint density at radius 2 is 1.82 bits per heavy atom. The SMILES string of the molecule is COc1ccccc1Oc1c(OC)nc(-c2ccnc(C(N)=NO)c2)nc1N(c1ccc(C)cn1)S(=O)O. The van der Waals surface area contributed by atoms with Crippen LogP contribution in [-0.2, 0) is 11.3 Å². The molecule has 0 amide bonds. The molecular weight excluding hydrogens is 514 g/mol. The van der Waals surface area contributed by atoms with E-state index in [0.29, 0.717) is 11.3 Å². The van der Waals surface area contributed by atoms with Gasteiger partial charge >= 0.3 is 0 Å². The molecular formula is C24H23N7O6S. The molecule has 4 rings (SSSR count). The van der Waals surface area contributed by atoms with Crippen molar-refractivity contribution in [2.75, 3.05) is 18.5 Å². The molecule has 1 atom stereocenters. The van der Waals surface area contributed by atoms with Crippen LogP contribution in [-0.4, -0.2) is 54.0 Å². The lowest BCUT2D eigenvalue weighted by Gasteiger charge is -2.23. The van der Waals surface area contributed by atoms with Crippen molar-refractivity contribution in [3.8, 4) is 34.5 Å². The highest BCUT2D eigenvalue weighted by Gasteiger charge is 2.29. The fraction of sp³-hybridized carbons (Fsp3) is 0.125. The van der Waals surface area contributed by atoms with Gasteiger partial charge in [-0.2, -0.15) is 9.29 Å². The Morgan fingerprint density at radius 3 is 2.45 bits per heavy atom. The van der Waals surface area contributed by atoms with Gasteiger partial charge in [-0.25, -0.2) is 14.2 Å². The van der Waals surface area contributed by atoms with Crippen LogP contribution in [0.2, 0.25) is 0 Å². The number of aromatic nitrogens is 4. The van der Waals surface area contributed by atoms with Crippen LogP contribution in [0.4, 0.5) is 11.6 Å². The number of hydrogen-bond donors (Lipinski definition) is 3. The van der Waals surface area contributed by atoms with E-state index in [1.807, 2.05) is 6.92 Å². The summed E-state index contributed by atoms with van der Waals surface area (Å²) >= 11 is -2.65. The highest BCUT2D eigenvalue weighted by atomic mass is 32.2. The van der Waals surface area contributed by atoms with Gasteiger partial charge in [-0.05, 0) is 42.8 Å². The third-order valence-electron chi connectivity index (χ3n) is 5.13. The van der Waals surface area contributed by atoms with Crippen molar-refractivity contribution in [2.24, 2.45) is 10.9 Å². The Morgan fingerprint density at radius 1 is 1.05 bits per heavy atom. The number of ether oxygens (including phenoxy) is 3. The van der Waals surface area contributed by atoms with Crippen LogP contribution in [0, 0.1) is 6.92 Å². The summed E-state index contributed by atoms with van der Waals surface area (Å²) in [6.07, 6.45) is 2.96. The summed E-state index contributed by atoms with van der Waals surface area (Å²) in [4.78, 5) is 17.4. The number of hydrogen-bond acceptors (Lipinski definition) is 10. The van der Waals surface area contributed by atoms with Crippen LogP contribution in [0.1, 0.15) is 11.3 Å². The molecule has 3 heterocycles. The average molecular weight is 538 g/mol. The molecule has 0 fully saturated rings. The van der Waals surface area contributed by atoms with Gasteiger partial charge in [0.05, 0.1) is 14.2 Å². The Bertz CT molecular complexity index is 1500. The zero-order valence-corrected chi connectivity index (χ0v) is 21.3. The Labute approximate surface area is 220 Å². The van der Waals surface area contributed by atoms with Crippen molar-refractivity contribution in [1.29, 1.82) is 0 Å². The van der Waals surface area contributed by atoms with Gasteiger partial charge in [0.15, 0.2) is 29.0 Å². The van der Waals surface area contributed by atoms with Crippen LogP contribution >= 0.6 is 0 Å². The van der Waals surface area contributed by atoms with Gasteiger partial charge in [-0.1, -0.05) is 23.4 Å². The van der Waals surface area contributed by atoms with E-state index in [0.717, 1.165) is 9.87 Å². The molecule has 13 nitrogen and oxygen atoms in total. The molecule has 0 aliphatic carbocycles. The van der Waals surface area contributed by atoms with Crippen LogP contribution in [0.3, 0.4) is 0 Å². The number of oxime groups is 1. The predicted molar refractivity (Wildman–Crippen MR) is 139 cm³/mol. The van der Waals surface area contributed by atoms with E-state index >= 15 is 0 Å². The summed E-state index contributed by atoms with van der Waals surface area (Å²) < 4.78 is 41.0.